The molecule has 7 nitrogen and oxygen atoms in total. The quantitative estimate of drug-likeness (QED) is 0.748. The molecular formula is C16H18N4O3. The SMILES string of the molecule is CCCn1ccnc1CNC(=O)Cn1c(=O)oc2ccccc21. The van der Waals surface area contributed by atoms with Crippen molar-refractivity contribution in [2.75, 3.05) is 0 Å². The summed E-state index contributed by atoms with van der Waals surface area (Å²) in [5, 5.41) is 2.79. The zero-order valence-electron chi connectivity index (χ0n) is 12.9. The van der Waals surface area contributed by atoms with Crippen molar-refractivity contribution in [3.8, 4) is 0 Å². The van der Waals surface area contributed by atoms with Crippen LogP contribution in [0.15, 0.2) is 45.9 Å². The normalized spacial score (nSPS) is 11.0. The number of hydrogen-bond acceptors (Lipinski definition) is 4. The average Bonchev–Trinajstić information content (AvgIpc) is 3.11. The van der Waals surface area contributed by atoms with Crippen LogP contribution in [0.25, 0.3) is 11.1 Å². The Morgan fingerprint density at radius 2 is 2.17 bits per heavy atom. The molecule has 3 rings (SSSR count). The Hall–Kier alpha value is -2.83. The van der Waals surface area contributed by atoms with Gasteiger partial charge in [0.1, 0.15) is 12.4 Å². The number of hydrogen-bond donors (Lipinski definition) is 1. The number of rotatable bonds is 6. The summed E-state index contributed by atoms with van der Waals surface area (Å²) in [6.07, 6.45) is 4.60. The topological polar surface area (TPSA) is 82.1 Å². The van der Waals surface area contributed by atoms with Crippen LogP contribution in [-0.4, -0.2) is 20.0 Å². The summed E-state index contributed by atoms with van der Waals surface area (Å²) in [4.78, 5) is 28.2. The third-order valence-electron chi connectivity index (χ3n) is 3.59. The van der Waals surface area contributed by atoms with Crippen molar-refractivity contribution >= 4 is 17.0 Å². The predicted molar refractivity (Wildman–Crippen MR) is 84.8 cm³/mol. The van der Waals surface area contributed by atoms with Crippen molar-refractivity contribution in [3.63, 3.8) is 0 Å². The zero-order valence-corrected chi connectivity index (χ0v) is 12.9. The molecule has 2 heterocycles. The van der Waals surface area contributed by atoms with Crippen molar-refractivity contribution in [2.24, 2.45) is 0 Å². The molecule has 0 aliphatic carbocycles. The molecule has 1 amide bonds. The van der Waals surface area contributed by atoms with E-state index >= 15 is 0 Å². The first-order valence-corrected chi connectivity index (χ1v) is 7.54. The lowest BCUT2D eigenvalue weighted by molar-refractivity contribution is -0.121. The highest BCUT2D eigenvalue weighted by Crippen LogP contribution is 2.11. The summed E-state index contributed by atoms with van der Waals surface area (Å²) >= 11 is 0. The van der Waals surface area contributed by atoms with Gasteiger partial charge in [-0.1, -0.05) is 19.1 Å². The fraction of sp³-hybridized carbons (Fsp3) is 0.312. The van der Waals surface area contributed by atoms with Crippen LogP contribution in [0, 0.1) is 0 Å². The molecule has 1 aromatic carbocycles. The van der Waals surface area contributed by atoms with Crippen LogP contribution in [0.2, 0.25) is 0 Å². The van der Waals surface area contributed by atoms with E-state index in [0.29, 0.717) is 17.6 Å². The second-order valence-corrected chi connectivity index (χ2v) is 5.24. The highest BCUT2D eigenvalue weighted by Gasteiger charge is 2.12. The number of carbonyl (C=O) groups is 1. The molecule has 23 heavy (non-hydrogen) atoms. The molecule has 7 heteroatoms. The van der Waals surface area contributed by atoms with Gasteiger partial charge in [0.15, 0.2) is 5.58 Å². The Kier molecular flexibility index (Phi) is 4.27. The Labute approximate surface area is 132 Å². The van der Waals surface area contributed by atoms with Gasteiger partial charge >= 0.3 is 5.76 Å². The van der Waals surface area contributed by atoms with E-state index in [1.54, 1.807) is 30.5 Å². The van der Waals surface area contributed by atoms with Crippen LogP contribution < -0.4 is 11.1 Å². The largest absolute Gasteiger partial charge is 0.420 e. The molecule has 3 aromatic rings. The lowest BCUT2D eigenvalue weighted by Crippen LogP contribution is -2.31. The van der Waals surface area contributed by atoms with Crippen LogP contribution in [0.1, 0.15) is 19.2 Å². The first-order chi connectivity index (χ1) is 11.2. The van der Waals surface area contributed by atoms with Gasteiger partial charge in [-0.25, -0.2) is 9.78 Å². The number of aryl methyl sites for hydroxylation is 1. The fourth-order valence-corrected chi connectivity index (χ4v) is 2.49. The van der Waals surface area contributed by atoms with Crippen molar-refractivity contribution in [1.29, 1.82) is 0 Å². The highest BCUT2D eigenvalue weighted by molar-refractivity contribution is 5.79. The van der Waals surface area contributed by atoms with Gasteiger partial charge in [0, 0.05) is 18.9 Å². The van der Waals surface area contributed by atoms with Crippen LogP contribution >= 0.6 is 0 Å². The third kappa shape index (κ3) is 3.18. The number of oxazole rings is 1. The van der Waals surface area contributed by atoms with Gasteiger partial charge in [-0.15, -0.1) is 0 Å². The number of aromatic nitrogens is 3. The van der Waals surface area contributed by atoms with E-state index in [1.165, 1.54) is 4.57 Å². The molecule has 0 radical (unpaired) electrons. The summed E-state index contributed by atoms with van der Waals surface area (Å²) in [6, 6.07) is 7.03. The fourth-order valence-electron chi connectivity index (χ4n) is 2.49. The minimum atomic E-state index is -0.533. The molecule has 120 valence electrons. The van der Waals surface area contributed by atoms with Crippen molar-refractivity contribution in [3.05, 3.63) is 53.0 Å². The average molecular weight is 314 g/mol. The standard InChI is InChI=1S/C16H18N4O3/c1-2-8-19-9-7-17-14(19)10-18-15(21)11-20-12-5-3-4-6-13(12)23-16(20)22/h3-7,9H,2,8,10-11H2,1H3,(H,18,21). The summed E-state index contributed by atoms with van der Waals surface area (Å²) in [6.45, 7) is 3.19. The van der Waals surface area contributed by atoms with Crippen molar-refractivity contribution < 1.29 is 9.21 Å². The minimum absolute atomic E-state index is 0.0790. The Morgan fingerprint density at radius 1 is 1.35 bits per heavy atom. The number of benzene rings is 1. The summed E-state index contributed by atoms with van der Waals surface area (Å²) in [5.74, 6) is 0.00290. The first kappa shape index (κ1) is 15.1. The maximum atomic E-state index is 12.1. The van der Waals surface area contributed by atoms with E-state index in [-0.39, 0.29) is 12.5 Å². The Morgan fingerprint density at radius 3 is 3.00 bits per heavy atom. The van der Waals surface area contributed by atoms with Gasteiger partial charge in [0.2, 0.25) is 5.91 Å². The maximum absolute atomic E-state index is 12.1. The van der Waals surface area contributed by atoms with Gasteiger partial charge in [0.25, 0.3) is 0 Å². The Bertz CT molecular complexity index is 875. The minimum Gasteiger partial charge on any atom is -0.408 e. The molecule has 1 N–H and O–H groups in total. The van der Waals surface area contributed by atoms with E-state index in [4.69, 9.17) is 4.42 Å². The van der Waals surface area contributed by atoms with Crippen LogP contribution in [0.3, 0.4) is 0 Å². The van der Waals surface area contributed by atoms with Crippen LogP contribution in [0.4, 0.5) is 0 Å². The molecular weight excluding hydrogens is 296 g/mol. The van der Waals surface area contributed by atoms with Crippen LogP contribution in [-0.2, 0) is 24.4 Å². The molecule has 0 saturated heterocycles. The molecule has 2 aromatic heterocycles. The van der Waals surface area contributed by atoms with E-state index in [0.717, 1.165) is 18.8 Å². The van der Waals surface area contributed by atoms with Gasteiger partial charge in [-0.3, -0.25) is 9.36 Å². The maximum Gasteiger partial charge on any atom is 0.420 e. The molecule has 0 aliphatic heterocycles. The molecule has 0 saturated carbocycles. The summed E-state index contributed by atoms with van der Waals surface area (Å²) < 4.78 is 8.43. The highest BCUT2D eigenvalue weighted by atomic mass is 16.4. The predicted octanol–water partition coefficient (Wildman–Crippen LogP) is 1.52. The second-order valence-electron chi connectivity index (χ2n) is 5.24. The molecule has 0 unspecified atom stereocenters. The number of nitrogens with one attached hydrogen (secondary N) is 1. The number of carbonyl (C=O) groups excluding carboxylic acids is 1. The van der Waals surface area contributed by atoms with Gasteiger partial charge in [-0.2, -0.15) is 0 Å². The van der Waals surface area contributed by atoms with Crippen molar-refractivity contribution in [2.45, 2.75) is 33.0 Å². The molecule has 0 atom stereocenters. The number of para-hydroxylation sites is 2. The zero-order chi connectivity index (χ0) is 16.2. The van der Waals surface area contributed by atoms with E-state index < -0.39 is 5.76 Å². The lowest BCUT2D eigenvalue weighted by Gasteiger charge is -2.08. The van der Waals surface area contributed by atoms with Crippen molar-refractivity contribution in [1.82, 2.24) is 19.4 Å². The number of imidazole rings is 1. The molecule has 0 bridgehead atoms. The Balaban J connectivity index is 1.68. The lowest BCUT2D eigenvalue weighted by atomic mass is 10.3. The molecule has 0 spiro atoms. The number of fused-ring (bicyclic) bond motifs is 1. The van der Waals surface area contributed by atoms with E-state index in [9.17, 15) is 9.59 Å². The molecule has 0 fully saturated rings. The van der Waals surface area contributed by atoms with Gasteiger partial charge < -0.3 is 14.3 Å². The summed E-state index contributed by atoms with van der Waals surface area (Å²) in [5.41, 5.74) is 1.09. The first-order valence-electron chi connectivity index (χ1n) is 7.54. The van der Waals surface area contributed by atoms with E-state index in [2.05, 4.69) is 17.2 Å². The monoisotopic (exact) mass is 314 g/mol. The van der Waals surface area contributed by atoms with E-state index in [1.807, 2.05) is 10.8 Å². The third-order valence-corrected chi connectivity index (χ3v) is 3.59. The number of amides is 1. The summed E-state index contributed by atoms with van der Waals surface area (Å²) in [7, 11) is 0. The van der Waals surface area contributed by atoms with Gasteiger partial charge in [0.05, 0.1) is 12.1 Å². The number of nitrogens with zero attached hydrogens (tertiary/aromatic N) is 3. The second kappa shape index (κ2) is 6.51. The smallest absolute Gasteiger partial charge is 0.408 e. The molecule has 0 aliphatic rings. The van der Waals surface area contributed by atoms with Crippen LogP contribution in [0.5, 0.6) is 0 Å². The van der Waals surface area contributed by atoms with Gasteiger partial charge in [-0.05, 0) is 18.6 Å².